The molecule has 25 heavy (non-hydrogen) atoms. The number of thioether (sulfide) groups is 1. The molecule has 1 fully saturated rings. The Bertz CT molecular complexity index is 731. The van der Waals surface area contributed by atoms with Crippen molar-refractivity contribution in [2.45, 2.75) is 37.4 Å². The van der Waals surface area contributed by atoms with Crippen molar-refractivity contribution in [3.05, 3.63) is 35.9 Å². The highest BCUT2D eigenvalue weighted by atomic mass is 32.2. The molecule has 1 aliphatic rings. The Morgan fingerprint density at radius 2 is 2.28 bits per heavy atom. The molecule has 1 aromatic carbocycles. The highest BCUT2D eigenvalue weighted by Crippen LogP contribution is 2.27. The molecule has 0 radical (unpaired) electrons. The molecule has 8 heteroatoms. The van der Waals surface area contributed by atoms with Crippen LogP contribution in [0.5, 0.6) is 0 Å². The van der Waals surface area contributed by atoms with Gasteiger partial charge in [0.15, 0.2) is 5.16 Å². The van der Waals surface area contributed by atoms with E-state index >= 15 is 0 Å². The van der Waals surface area contributed by atoms with Crippen molar-refractivity contribution < 1.29 is 13.9 Å². The topological polar surface area (TPSA) is 69.0 Å². The van der Waals surface area contributed by atoms with Crippen LogP contribution in [-0.4, -0.2) is 45.7 Å². The van der Waals surface area contributed by atoms with Crippen LogP contribution in [0.15, 0.2) is 29.4 Å². The first-order valence-electron chi connectivity index (χ1n) is 8.33. The van der Waals surface area contributed by atoms with Crippen LogP contribution in [0.4, 0.5) is 4.39 Å². The summed E-state index contributed by atoms with van der Waals surface area (Å²) in [6.07, 6.45) is 2.80. The SMILES string of the molecule is CC(=O)NCCc1nnc(SCC2CCCO2)n1-c1ccccc1F. The summed E-state index contributed by atoms with van der Waals surface area (Å²) >= 11 is 1.52. The molecular formula is C17H21FN4O2S. The van der Waals surface area contributed by atoms with Crippen molar-refractivity contribution in [1.82, 2.24) is 20.1 Å². The number of hydrogen-bond donors (Lipinski definition) is 1. The van der Waals surface area contributed by atoms with Crippen LogP contribution in [0, 0.1) is 5.82 Å². The Labute approximate surface area is 150 Å². The molecule has 6 nitrogen and oxygen atoms in total. The molecule has 1 N–H and O–H groups in total. The van der Waals surface area contributed by atoms with Crippen molar-refractivity contribution in [3.63, 3.8) is 0 Å². The van der Waals surface area contributed by atoms with Gasteiger partial charge in [-0.3, -0.25) is 9.36 Å². The number of carbonyl (C=O) groups is 1. The predicted octanol–water partition coefficient (Wildman–Crippen LogP) is 2.36. The Morgan fingerprint density at radius 1 is 1.44 bits per heavy atom. The number of nitrogens with one attached hydrogen (secondary N) is 1. The summed E-state index contributed by atoms with van der Waals surface area (Å²) in [6, 6.07) is 6.56. The normalized spacial score (nSPS) is 17.0. The van der Waals surface area contributed by atoms with Crippen molar-refractivity contribution in [3.8, 4) is 5.69 Å². The van der Waals surface area contributed by atoms with E-state index in [1.54, 1.807) is 22.8 Å². The summed E-state index contributed by atoms with van der Waals surface area (Å²) in [7, 11) is 0. The fraction of sp³-hybridized carbons (Fsp3) is 0.471. The van der Waals surface area contributed by atoms with Crippen LogP contribution in [-0.2, 0) is 16.0 Å². The van der Waals surface area contributed by atoms with Crippen LogP contribution in [0.2, 0.25) is 0 Å². The van der Waals surface area contributed by atoms with E-state index in [1.165, 1.54) is 24.8 Å². The fourth-order valence-corrected chi connectivity index (χ4v) is 3.75. The van der Waals surface area contributed by atoms with Gasteiger partial charge in [0.25, 0.3) is 0 Å². The molecular weight excluding hydrogens is 343 g/mol. The summed E-state index contributed by atoms with van der Waals surface area (Å²) in [5, 5.41) is 11.8. The number of ether oxygens (including phenoxy) is 1. The molecule has 2 aromatic rings. The maximum Gasteiger partial charge on any atom is 0.216 e. The second-order valence-corrected chi connectivity index (χ2v) is 6.85. The largest absolute Gasteiger partial charge is 0.377 e. The van der Waals surface area contributed by atoms with Crippen LogP contribution in [0.25, 0.3) is 5.69 Å². The van der Waals surface area contributed by atoms with Gasteiger partial charge in [-0.2, -0.15) is 0 Å². The van der Waals surface area contributed by atoms with Gasteiger partial charge in [-0.1, -0.05) is 23.9 Å². The third kappa shape index (κ3) is 4.58. The second kappa shape index (κ2) is 8.44. The number of aromatic nitrogens is 3. The summed E-state index contributed by atoms with van der Waals surface area (Å²) in [5.74, 6) is 0.943. The second-order valence-electron chi connectivity index (χ2n) is 5.86. The third-order valence-corrected chi connectivity index (χ3v) is 5.00. The van der Waals surface area contributed by atoms with Crippen LogP contribution in [0.3, 0.4) is 0 Å². The first-order valence-corrected chi connectivity index (χ1v) is 9.31. The highest BCUT2D eigenvalue weighted by Gasteiger charge is 2.20. The first kappa shape index (κ1) is 17.9. The average Bonchev–Trinajstić information content (AvgIpc) is 3.23. The molecule has 134 valence electrons. The number of nitrogens with zero attached hydrogens (tertiary/aromatic N) is 3. The van der Waals surface area contributed by atoms with Gasteiger partial charge in [0.2, 0.25) is 5.91 Å². The number of halogens is 1. The molecule has 0 saturated carbocycles. The minimum absolute atomic E-state index is 0.107. The van der Waals surface area contributed by atoms with E-state index in [9.17, 15) is 9.18 Å². The molecule has 1 amide bonds. The molecule has 1 saturated heterocycles. The number of para-hydroxylation sites is 1. The fourth-order valence-electron chi connectivity index (χ4n) is 2.72. The highest BCUT2D eigenvalue weighted by molar-refractivity contribution is 7.99. The lowest BCUT2D eigenvalue weighted by Crippen LogP contribution is -2.23. The van der Waals surface area contributed by atoms with Crippen LogP contribution in [0.1, 0.15) is 25.6 Å². The number of carbonyl (C=O) groups excluding carboxylic acids is 1. The van der Waals surface area contributed by atoms with Gasteiger partial charge in [-0.25, -0.2) is 4.39 Å². The Balaban J connectivity index is 1.82. The number of amides is 1. The molecule has 1 atom stereocenters. The quantitative estimate of drug-likeness (QED) is 0.764. The smallest absolute Gasteiger partial charge is 0.216 e. The van der Waals surface area contributed by atoms with Gasteiger partial charge < -0.3 is 10.1 Å². The summed E-state index contributed by atoms with van der Waals surface area (Å²) in [6.45, 7) is 2.69. The molecule has 0 bridgehead atoms. The summed E-state index contributed by atoms with van der Waals surface area (Å²) < 4.78 is 21.7. The molecule has 1 aromatic heterocycles. The molecule has 2 heterocycles. The van der Waals surface area contributed by atoms with E-state index in [0.717, 1.165) is 25.2 Å². The molecule has 0 aliphatic carbocycles. The van der Waals surface area contributed by atoms with Crippen LogP contribution < -0.4 is 5.32 Å². The molecule has 1 aliphatic heterocycles. The Hall–Kier alpha value is -1.93. The number of rotatable bonds is 7. The van der Waals surface area contributed by atoms with Gasteiger partial charge in [0.1, 0.15) is 11.6 Å². The minimum Gasteiger partial charge on any atom is -0.377 e. The maximum absolute atomic E-state index is 14.3. The molecule has 1 unspecified atom stereocenters. The predicted molar refractivity (Wildman–Crippen MR) is 93.4 cm³/mol. The average molecular weight is 364 g/mol. The maximum atomic E-state index is 14.3. The van der Waals surface area contributed by atoms with E-state index in [4.69, 9.17) is 4.74 Å². The van der Waals surface area contributed by atoms with Gasteiger partial charge >= 0.3 is 0 Å². The number of benzene rings is 1. The van der Waals surface area contributed by atoms with E-state index in [2.05, 4.69) is 15.5 Å². The van der Waals surface area contributed by atoms with Crippen molar-refractivity contribution in [2.75, 3.05) is 18.9 Å². The molecule has 0 spiro atoms. The lowest BCUT2D eigenvalue weighted by molar-refractivity contribution is -0.118. The van der Waals surface area contributed by atoms with Crippen LogP contribution >= 0.6 is 11.8 Å². The standard InChI is InChI=1S/C17H21FN4O2S/c1-12(23)19-9-8-16-20-21-17(25-11-13-5-4-10-24-13)22(16)15-7-3-2-6-14(15)18/h2-3,6-7,13H,4-5,8-11H2,1H3,(H,19,23). The minimum atomic E-state index is -0.331. The van der Waals surface area contributed by atoms with E-state index in [0.29, 0.717) is 29.6 Å². The van der Waals surface area contributed by atoms with Crippen molar-refractivity contribution >= 4 is 17.7 Å². The zero-order chi connectivity index (χ0) is 17.6. The molecule has 3 rings (SSSR count). The third-order valence-electron chi connectivity index (χ3n) is 3.94. The Kier molecular flexibility index (Phi) is 6.04. The van der Waals surface area contributed by atoms with Crippen molar-refractivity contribution in [1.29, 1.82) is 0 Å². The van der Waals surface area contributed by atoms with Gasteiger partial charge in [-0.15, -0.1) is 10.2 Å². The van der Waals surface area contributed by atoms with E-state index in [1.807, 2.05) is 0 Å². The lowest BCUT2D eigenvalue weighted by Gasteiger charge is -2.12. The monoisotopic (exact) mass is 364 g/mol. The van der Waals surface area contributed by atoms with E-state index < -0.39 is 0 Å². The van der Waals surface area contributed by atoms with E-state index in [-0.39, 0.29) is 17.8 Å². The van der Waals surface area contributed by atoms with Gasteiger partial charge in [0, 0.05) is 32.2 Å². The Morgan fingerprint density at radius 3 is 3.00 bits per heavy atom. The zero-order valence-electron chi connectivity index (χ0n) is 14.1. The summed E-state index contributed by atoms with van der Waals surface area (Å²) in [4.78, 5) is 11.1. The van der Waals surface area contributed by atoms with Gasteiger partial charge in [0.05, 0.1) is 11.8 Å². The van der Waals surface area contributed by atoms with Gasteiger partial charge in [-0.05, 0) is 25.0 Å². The number of hydrogen-bond acceptors (Lipinski definition) is 5. The zero-order valence-corrected chi connectivity index (χ0v) is 14.9. The summed E-state index contributed by atoms with van der Waals surface area (Å²) in [5.41, 5.74) is 0.417. The lowest BCUT2D eigenvalue weighted by atomic mass is 10.3. The first-order chi connectivity index (χ1) is 12.1. The van der Waals surface area contributed by atoms with Crippen molar-refractivity contribution in [2.24, 2.45) is 0 Å².